The van der Waals surface area contributed by atoms with Crippen LogP contribution in [-0.4, -0.2) is 28.5 Å². The number of carbonyl (C=O) groups excluding carboxylic acids is 1. The number of nitrogens with one attached hydrogen (secondary N) is 1. The number of thiophene rings is 1. The van der Waals surface area contributed by atoms with E-state index >= 15 is 0 Å². The van der Waals surface area contributed by atoms with Crippen LogP contribution in [0.2, 0.25) is 0 Å². The Morgan fingerprint density at radius 1 is 1.18 bits per heavy atom. The molecule has 1 aliphatic rings. The normalized spacial score (nSPS) is 14.0. The maximum absolute atomic E-state index is 13.0. The van der Waals surface area contributed by atoms with Crippen molar-refractivity contribution in [2.45, 2.75) is 32.4 Å². The Balaban J connectivity index is 1.48. The Morgan fingerprint density at radius 2 is 1.93 bits per heavy atom. The van der Waals surface area contributed by atoms with Crippen LogP contribution in [0.3, 0.4) is 0 Å². The molecule has 3 heterocycles. The van der Waals surface area contributed by atoms with Crippen LogP contribution in [0.1, 0.15) is 24.8 Å². The molecule has 146 valence electrons. The third-order valence-electron chi connectivity index (χ3n) is 4.90. The van der Waals surface area contributed by atoms with Gasteiger partial charge < -0.3 is 10.2 Å². The lowest BCUT2D eigenvalue weighted by atomic mass is 10.2. The minimum absolute atomic E-state index is 0.0896. The smallest absolute Gasteiger partial charge is 0.272 e. The predicted octanol–water partition coefficient (Wildman–Crippen LogP) is 2.90. The number of rotatable bonds is 6. The Hall–Kier alpha value is -2.74. The van der Waals surface area contributed by atoms with Crippen LogP contribution >= 0.6 is 11.3 Å². The van der Waals surface area contributed by atoms with Crippen LogP contribution < -0.4 is 15.8 Å². The number of aromatic nitrogens is 2. The summed E-state index contributed by atoms with van der Waals surface area (Å²) >= 11 is 1.38. The van der Waals surface area contributed by atoms with Crippen LogP contribution in [-0.2, 0) is 17.9 Å². The topological polar surface area (TPSA) is 67.2 Å². The van der Waals surface area contributed by atoms with Crippen molar-refractivity contribution in [1.29, 1.82) is 0 Å². The molecular formula is C20H21FN4O2S. The summed E-state index contributed by atoms with van der Waals surface area (Å²) in [6.07, 6.45) is 2.34. The molecule has 1 fully saturated rings. The van der Waals surface area contributed by atoms with Gasteiger partial charge in [-0.05, 0) is 42.0 Å². The second-order valence-corrected chi connectivity index (χ2v) is 7.77. The molecule has 0 unspecified atom stereocenters. The first-order chi connectivity index (χ1) is 13.6. The van der Waals surface area contributed by atoms with Gasteiger partial charge in [0.1, 0.15) is 10.5 Å². The Labute approximate surface area is 165 Å². The van der Waals surface area contributed by atoms with E-state index in [1.54, 1.807) is 16.7 Å². The van der Waals surface area contributed by atoms with E-state index in [1.165, 1.54) is 23.5 Å². The molecule has 0 atom stereocenters. The van der Waals surface area contributed by atoms with Gasteiger partial charge in [0, 0.05) is 32.6 Å². The molecule has 0 bridgehead atoms. The zero-order chi connectivity index (χ0) is 19.5. The van der Waals surface area contributed by atoms with Crippen molar-refractivity contribution < 1.29 is 9.18 Å². The third-order valence-corrected chi connectivity index (χ3v) is 5.79. The number of nitrogens with zero attached hydrogens (tertiary/aromatic N) is 3. The van der Waals surface area contributed by atoms with Gasteiger partial charge >= 0.3 is 0 Å². The first kappa shape index (κ1) is 18.6. The van der Waals surface area contributed by atoms with Gasteiger partial charge in [0.05, 0.1) is 5.52 Å². The van der Waals surface area contributed by atoms with Gasteiger partial charge in [-0.1, -0.05) is 12.1 Å². The van der Waals surface area contributed by atoms with Gasteiger partial charge in [-0.2, -0.15) is 0 Å². The summed E-state index contributed by atoms with van der Waals surface area (Å²) in [6.45, 7) is 2.35. The quantitative estimate of drug-likeness (QED) is 0.691. The summed E-state index contributed by atoms with van der Waals surface area (Å²) in [5.41, 5.74) is 1.45. The van der Waals surface area contributed by atoms with E-state index in [2.05, 4.69) is 15.2 Å². The van der Waals surface area contributed by atoms with Crippen molar-refractivity contribution in [3.63, 3.8) is 0 Å². The molecular weight excluding hydrogens is 379 g/mol. The fourth-order valence-electron chi connectivity index (χ4n) is 3.40. The monoisotopic (exact) mass is 400 g/mol. The fourth-order valence-corrected chi connectivity index (χ4v) is 4.18. The molecule has 8 heteroatoms. The minimum atomic E-state index is -0.305. The molecule has 4 rings (SSSR count). The van der Waals surface area contributed by atoms with Crippen molar-refractivity contribution in [3.8, 4) is 0 Å². The van der Waals surface area contributed by atoms with Crippen molar-refractivity contribution in [2.75, 3.05) is 18.0 Å². The SMILES string of the molecule is O=C(CCn1c(N2CCCC2)nc2ccsc2c1=O)NCc1ccc(F)cc1. The molecule has 1 N–H and O–H groups in total. The van der Waals surface area contributed by atoms with Gasteiger partial charge in [-0.15, -0.1) is 11.3 Å². The third kappa shape index (κ3) is 3.91. The van der Waals surface area contributed by atoms with Crippen LogP contribution in [0.15, 0.2) is 40.5 Å². The second-order valence-electron chi connectivity index (χ2n) is 6.85. The highest BCUT2D eigenvalue weighted by Gasteiger charge is 2.21. The van der Waals surface area contributed by atoms with Gasteiger partial charge in [-0.25, -0.2) is 9.37 Å². The first-order valence-corrected chi connectivity index (χ1v) is 10.2. The lowest BCUT2D eigenvalue weighted by molar-refractivity contribution is -0.121. The number of carbonyl (C=O) groups is 1. The summed E-state index contributed by atoms with van der Waals surface area (Å²) in [5, 5.41) is 4.69. The predicted molar refractivity (Wildman–Crippen MR) is 108 cm³/mol. The summed E-state index contributed by atoms with van der Waals surface area (Å²) in [7, 11) is 0. The van der Waals surface area contributed by atoms with Crippen molar-refractivity contribution in [3.05, 3.63) is 57.4 Å². The molecule has 0 saturated carbocycles. The van der Waals surface area contributed by atoms with Crippen molar-refractivity contribution >= 4 is 33.4 Å². The van der Waals surface area contributed by atoms with E-state index in [0.717, 1.165) is 31.5 Å². The Bertz CT molecular complexity index is 1040. The van der Waals surface area contributed by atoms with E-state index in [9.17, 15) is 14.0 Å². The number of amides is 1. The minimum Gasteiger partial charge on any atom is -0.352 e. The molecule has 0 radical (unpaired) electrons. The number of fused-ring (bicyclic) bond motifs is 1. The van der Waals surface area contributed by atoms with E-state index in [-0.39, 0.29) is 30.2 Å². The number of benzene rings is 1. The largest absolute Gasteiger partial charge is 0.352 e. The Kier molecular flexibility index (Phi) is 5.38. The Morgan fingerprint density at radius 3 is 2.68 bits per heavy atom. The average Bonchev–Trinajstić information content (AvgIpc) is 3.38. The van der Waals surface area contributed by atoms with Crippen molar-refractivity contribution in [2.24, 2.45) is 0 Å². The molecule has 28 heavy (non-hydrogen) atoms. The zero-order valence-corrected chi connectivity index (χ0v) is 16.2. The summed E-state index contributed by atoms with van der Waals surface area (Å²) in [4.78, 5) is 32.0. The fraction of sp³-hybridized carbons (Fsp3) is 0.350. The molecule has 1 aliphatic heterocycles. The maximum Gasteiger partial charge on any atom is 0.272 e. The molecule has 3 aromatic rings. The summed E-state index contributed by atoms with van der Waals surface area (Å²) < 4.78 is 15.2. The van der Waals surface area contributed by atoms with Gasteiger partial charge in [0.2, 0.25) is 11.9 Å². The lowest BCUT2D eigenvalue weighted by Crippen LogP contribution is -2.32. The molecule has 1 aromatic carbocycles. The van der Waals surface area contributed by atoms with Gasteiger partial charge in [0.25, 0.3) is 5.56 Å². The molecule has 0 aliphatic carbocycles. The molecule has 0 spiro atoms. The molecule has 6 nitrogen and oxygen atoms in total. The standard InChI is InChI=1S/C20H21FN4O2S/c21-15-5-3-14(4-6-15)13-22-17(26)7-11-25-19(27)18-16(8-12-28-18)23-20(25)24-9-1-2-10-24/h3-6,8,12H,1-2,7,9-11,13H2,(H,22,26). The number of anilines is 1. The highest BCUT2D eigenvalue weighted by molar-refractivity contribution is 7.17. The van der Waals surface area contributed by atoms with Crippen molar-refractivity contribution in [1.82, 2.24) is 14.9 Å². The molecule has 2 aromatic heterocycles. The maximum atomic E-state index is 13.0. The van der Waals surface area contributed by atoms with Gasteiger partial charge in [-0.3, -0.25) is 14.2 Å². The lowest BCUT2D eigenvalue weighted by Gasteiger charge is -2.21. The highest BCUT2D eigenvalue weighted by atomic mass is 32.1. The van der Waals surface area contributed by atoms with E-state index < -0.39 is 0 Å². The van der Waals surface area contributed by atoms with E-state index in [4.69, 9.17) is 0 Å². The molecule has 1 amide bonds. The van der Waals surface area contributed by atoms with Gasteiger partial charge in [0.15, 0.2) is 0 Å². The van der Waals surface area contributed by atoms with E-state index in [1.807, 2.05) is 11.4 Å². The van der Waals surface area contributed by atoms with Crippen LogP contribution in [0.5, 0.6) is 0 Å². The number of halogens is 1. The number of hydrogen-bond donors (Lipinski definition) is 1. The first-order valence-electron chi connectivity index (χ1n) is 9.36. The summed E-state index contributed by atoms with van der Waals surface area (Å²) in [5.74, 6) is 0.190. The highest BCUT2D eigenvalue weighted by Crippen LogP contribution is 2.22. The second kappa shape index (κ2) is 8.10. The zero-order valence-electron chi connectivity index (χ0n) is 15.4. The molecule has 1 saturated heterocycles. The van der Waals surface area contributed by atoms with Crippen LogP contribution in [0.4, 0.5) is 10.3 Å². The van der Waals surface area contributed by atoms with Crippen LogP contribution in [0.25, 0.3) is 10.2 Å². The summed E-state index contributed by atoms with van der Waals surface area (Å²) in [6, 6.07) is 7.87. The number of hydrogen-bond acceptors (Lipinski definition) is 5. The van der Waals surface area contributed by atoms with Crippen LogP contribution in [0, 0.1) is 5.82 Å². The average molecular weight is 400 g/mol. The van der Waals surface area contributed by atoms with E-state index in [0.29, 0.717) is 22.7 Å².